The first kappa shape index (κ1) is 19.8. The maximum Gasteiger partial charge on any atom is 0.245 e. The first-order valence-electron chi connectivity index (χ1n) is 9.07. The van der Waals surface area contributed by atoms with Crippen molar-refractivity contribution in [3.8, 4) is 0 Å². The lowest BCUT2D eigenvalue weighted by Gasteiger charge is -2.22. The Hall–Kier alpha value is -1.47. The van der Waals surface area contributed by atoms with Crippen molar-refractivity contribution in [3.05, 3.63) is 11.1 Å². The van der Waals surface area contributed by atoms with Gasteiger partial charge in [-0.05, 0) is 25.7 Å². The Morgan fingerprint density at radius 3 is 2.80 bits per heavy atom. The van der Waals surface area contributed by atoms with Gasteiger partial charge in [-0.15, -0.1) is 11.3 Å². The molecule has 0 spiro atoms. The monoisotopic (exact) mass is 367 g/mol. The molecule has 6 nitrogen and oxygen atoms in total. The van der Waals surface area contributed by atoms with Gasteiger partial charge >= 0.3 is 0 Å². The normalized spacial score (nSPS) is 14.6. The molecular formula is C18H29N3O3S. The van der Waals surface area contributed by atoms with Crippen LogP contribution in [0, 0.1) is 12.8 Å². The van der Waals surface area contributed by atoms with Gasteiger partial charge < -0.3 is 15.0 Å². The van der Waals surface area contributed by atoms with E-state index in [4.69, 9.17) is 4.74 Å². The highest BCUT2D eigenvalue weighted by atomic mass is 32.1. The van der Waals surface area contributed by atoms with Crippen LogP contribution in [0.3, 0.4) is 0 Å². The van der Waals surface area contributed by atoms with Crippen LogP contribution in [-0.2, 0) is 14.3 Å². The Morgan fingerprint density at radius 1 is 1.40 bits per heavy atom. The molecule has 1 N–H and O–H groups in total. The predicted molar refractivity (Wildman–Crippen MR) is 99.7 cm³/mol. The lowest BCUT2D eigenvalue weighted by Crippen LogP contribution is -2.39. The van der Waals surface area contributed by atoms with Crippen molar-refractivity contribution < 1.29 is 14.3 Å². The van der Waals surface area contributed by atoms with E-state index in [2.05, 4.69) is 10.3 Å². The number of hydrogen-bond donors (Lipinski definition) is 1. The number of thiazole rings is 1. The van der Waals surface area contributed by atoms with Crippen molar-refractivity contribution in [1.82, 2.24) is 9.88 Å². The molecule has 1 heterocycles. The van der Waals surface area contributed by atoms with E-state index in [0.717, 1.165) is 18.5 Å². The average molecular weight is 368 g/mol. The SMILES string of the molecule is COCCCN(CC(=O)Nc1nc(C)cs1)C(=O)CCC1CCCC1. The Balaban J connectivity index is 1.84. The standard InChI is InChI=1S/C18H29N3O3S/c1-14-13-25-18(19-14)20-16(22)12-21(10-5-11-24-2)17(23)9-8-15-6-3-4-7-15/h13,15H,3-12H2,1-2H3,(H,19,20,22). The fourth-order valence-corrected chi connectivity index (χ4v) is 3.92. The van der Waals surface area contributed by atoms with Crippen molar-refractivity contribution >= 4 is 28.3 Å². The number of anilines is 1. The van der Waals surface area contributed by atoms with Crippen LogP contribution in [0.2, 0.25) is 0 Å². The van der Waals surface area contributed by atoms with E-state index in [9.17, 15) is 9.59 Å². The number of hydrogen-bond acceptors (Lipinski definition) is 5. The van der Waals surface area contributed by atoms with E-state index in [-0.39, 0.29) is 18.4 Å². The van der Waals surface area contributed by atoms with Gasteiger partial charge in [0.2, 0.25) is 11.8 Å². The highest BCUT2D eigenvalue weighted by Gasteiger charge is 2.21. The molecule has 7 heteroatoms. The van der Waals surface area contributed by atoms with Gasteiger partial charge in [-0.2, -0.15) is 0 Å². The second kappa shape index (κ2) is 10.5. The van der Waals surface area contributed by atoms with Crippen molar-refractivity contribution in [1.29, 1.82) is 0 Å². The van der Waals surface area contributed by atoms with E-state index in [1.165, 1.54) is 37.0 Å². The molecule has 0 bridgehead atoms. The fourth-order valence-electron chi connectivity index (χ4n) is 3.22. The van der Waals surface area contributed by atoms with Crippen LogP contribution in [0.4, 0.5) is 5.13 Å². The Kier molecular flexibility index (Phi) is 8.34. The smallest absolute Gasteiger partial charge is 0.245 e. The summed E-state index contributed by atoms with van der Waals surface area (Å²) >= 11 is 1.40. The van der Waals surface area contributed by atoms with Gasteiger partial charge in [-0.25, -0.2) is 4.98 Å². The maximum absolute atomic E-state index is 12.6. The summed E-state index contributed by atoms with van der Waals surface area (Å²) in [5.74, 6) is 0.548. The summed E-state index contributed by atoms with van der Waals surface area (Å²) in [6, 6.07) is 0. The number of amides is 2. The minimum Gasteiger partial charge on any atom is -0.385 e. The summed E-state index contributed by atoms with van der Waals surface area (Å²) in [4.78, 5) is 30.7. The molecule has 0 atom stereocenters. The zero-order valence-electron chi connectivity index (χ0n) is 15.3. The van der Waals surface area contributed by atoms with Crippen LogP contribution < -0.4 is 5.32 Å². The number of nitrogens with one attached hydrogen (secondary N) is 1. The zero-order chi connectivity index (χ0) is 18.1. The van der Waals surface area contributed by atoms with Gasteiger partial charge in [0.05, 0.1) is 12.2 Å². The van der Waals surface area contributed by atoms with Crippen LogP contribution >= 0.6 is 11.3 Å². The molecule has 1 aromatic heterocycles. The molecule has 1 aliphatic rings. The second-order valence-corrected chi connectivity index (χ2v) is 7.55. The third-order valence-electron chi connectivity index (χ3n) is 4.57. The summed E-state index contributed by atoms with van der Waals surface area (Å²) in [6.07, 6.45) is 7.24. The van der Waals surface area contributed by atoms with E-state index < -0.39 is 0 Å². The molecule has 1 aromatic rings. The molecule has 25 heavy (non-hydrogen) atoms. The first-order valence-corrected chi connectivity index (χ1v) is 9.95. The van der Waals surface area contributed by atoms with E-state index in [0.29, 0.717) is 30.6 Å². The molecule has 0 saturated heterocycles. The number of carbonyl (C=O) groups excluding carboxylic acids is 2. The molecule has 1 saturated carbocycles. The third kappa shape index (κ3) is 7.12. The summed E-state index contributed by atoms with van der Waals surface area (Å²) in [6.45, 7) is 3.09. The summed E-state index contributed by atoms with van der Waals surface area (Å²) < 4.78 is 5.07. The van der Waals surface area contributed by atoms with Crippen molar-refractivity contribution in [2.24, 2.45) is 5.92 Å². The number of aryl methyl sites for hydroxylation is 1. The largest absolute Gasteiger partial charge is 0.385 e. The van der Waals surface area contributed by atoms with E-state index in [1.807, 2.05) is 12.3 Å². The predicted octanol–water partition coefficient (Wildman–Crippen LogP) is 3.23. The molecule has 2 rings (SSSR count). The van der Waals surface area contributed by atoms with Crippen molar-refractivity contribution in [2.45, 2.75) is 51.9 Å². The van der Waals surface area contributed by atoms with Gasteiger partial charge in [-0.1, -0.05) is 25.7 Å². The number of aromatic nitrogens is 1. The molecule has 0 unspecified atom stereocenters. The highest BCUT2D eigenvalue weighted by molar-refractivity contribution is 7.13. The minimum absolute atomic E-state index is 0.0634. The zero-order valence-corrected chi connectivity index (χ0v) is 16.1. The number of nitrogens with zero attached hydrogens (tertiary/aromatic N) is 2. The van der Waals surface area contributed by atoms with Crippen LogP contribution in [-0.4, -0.2) is 48.5 Å². The van der Waals surface area contributed by atoms with Gasteiger partial charge in [0, 0.05) is 32.1 Å². The average Bonchev–Trinajstić information content (AvgIpc) is 3.23. The Labute approximate surface area is 154 Å². The molecule has 0 radical (unpaired) electrons. The van der Waals surface area contributed by atoms with E-state index in [1.54, 1.807) is 12.0 Å². The number of methoxy groups -OCH3 is 1. The molecule has 2 amide bonds. The number of rotatable bonds is 10. The van der Waals surface area contributed by atoms with Crippen LogP contribution in [0.15, 0.2) is 5.38 Å². The lowest BCUT2D eigenvalue weighted by atomic mass is 10.0. The molecule has 1 aliphatic carbocycles. The van der Waals surface area contributed by atoms with Crippen LogP contribution in [0.1, 0.15) is 50.6 Å². The molecule has 0 aliphatic heterocycles. The highest BCUT2D eigenvalue weighted by Crippen LogP contribution is 2.28. The fraction of sp³-hybridized carbons (Fsp3) is 0.722. The summed E-state index contributed by atoms with van der Waals surface area (Å²) in [5.41, 5.74) is 0.880. The quantitative estimate of drug-likeness (QED) is 0.645. The Bertz CT molecular complexity index is 556. The maximum atomic E-state index is 12.6. The molecule has 140 valence electrons. The van der Waals surface area contributed by atoms with Gasteiger partial charge in [-0.3, -0.25) is 9.59 Å². The van der Waals surface area contributed by atoms with Crippen LogP contribution in [0.25, 0.3) is 0 Å². The number of ether oxygens (including phenoxy) is 1. The summed E-state index contributed by atoms with van der Waals surface area (Å²) in [7, 11) is 1.64. The lowest BCUT2D eigenvalue weighted by molar-refractivity contribution is -0.135. The molecule has 1 fully saturated rings. The first-order chi connectivity index (χ1) is 12.1. The minimum atomic E-state index is -0.194. The Morgan fingerprint density at radius 2 is 2.16 bits per heavy atom. The third-order valence-corrected chi connectivity index (χ3v) is 5.45. The topological polar surface area (TPSA) is 71.5 Å². The van der Waals surface area contributed by atoms with Gasteiger partial charge in [0.1, 0.15) is 0 Å². The van der Waals surface area contributed by atoms with E-state index >= 15 is 0 Å². The van der Waals surface area contributed by atoms with Gasteiger partial charge in [0.15, 0.2) is 5.13 Å². The number of carbonyl (C=O) groups is 2. The molecular weight excluding hydrogens is 338 g/mol. The van der Waals surface area contributed by atoms with Crippen LogP contribution in [0.5, 0.6) is 0 Å². The molecule has 0 aromatic carbocycles. The second-order valence-electron chi connectivity index (χ2n) is 6.69. The summed E-state index contributed by atoms with van der Waals surface area (Å²) in [5, 5.41) is 5.25. The van der Waals surface area contributed by atoms with Crippen molar-refractivity contribution in [2.75, 3.05) is 32.1 Å². The van der Waals surface area contributed by atoms with Crippen molar-refractivity contribution in [3.63, 3.8) is 0 Å². The van der Waals surface area contributed by atoms with Gasteiger partial charge in [0.25, 0.3) is 0 Å².